The fourth-order valence-electron chi connectivity index (χ4n) is 3.29. The lowest BCUT2D eigenvalue weighted by Gasteiger charge is -2.38. The first-order valence-corrected chi connectivity index (χ1v) is 8.78. The first-order valence-electron chi connectivity index (χ1n) is 7.63. The monoisotopic (exact) mass is 335 g/mol. The zero-order valence-corrected chi connectivity index (χ0v) is 13.3. The van der Waals surface area contributed by atoms with Gasteiger partial charge in [-0.15, -0.1) is 0 Å². The Bertz CT molecular complexity index is 743. The molecule has 2 atom stereocenters. The quantitative estimate of drug-likeness (QED) is 0.678. The molecular weight excluding hydrogens is 318 g/mol. The molecule has 122 valence electrons. The molecule has 2 aliphatic heterocycles. The van der Waals surface area contributed by atoms with Crippen molar-refractivity contribution in [3.05, 3.63) is 28.4 Å². The van der Waals surface area contributed by atoms with Crippen LogP contribution in [0.3, 0.4) is 0 Å². The van der Waals surface area contributed by atoms with Crippen LogP contribution in [0.4, 0.5) is 11.6 Å². The molecule has 2 fully saturated rings. The number of rotatable bonds is 3. The number of imidazole rings is 1. The largest absolute Gasteiger partial charge is 0.374 e. The minimum Gasteiger partial charge on any atom is -0.374 e. The molecule has 4 heterocycles. The van der Waals surface area contributed by atoms with Crippen LogP contribution in [-0.2, 0) is 4.74 Å². The molecule has 0 amide bonds. The molecule has 4 rings (SSSR count). The highest BCUT2D eigenvalue weighted by atomic mass is 32.2. The van der Waals surface area contributed by atoms with E-state index in [0.29, 0.717) is 11.5 Å². The van der Waals surface area contributed by atoms with Crippen LogP contribution in [0.15, 0.2) is 18.3 Å². The molecule has 2 unspecified atom stereocenters. The van der Waals surface area contributed by atoms with Gasteiger partial charge in [-0.3, -0.25) is 0 Å². The number of hydrogen-bond donors (Lipinski definition) is 1. The van der Waals surface area contributed by atoms with Crippen LogP contribution in [0.1, 0.15) is 19.3 Å². The molecule has 8 nitrogen and oxygen atoms in total. The minimum absolute atomic E-state index is 0.00825. The van der Waals surface area contributed by atoms with Crippen LogP contribution < -0.4 is 5.32 Å². The predicted molar refractivity (Wildman–Crippen MR) is 86.9 cm³/mol. The molecule has 9 heteroatoms. The van der Waals surface area contributed by atoms with Crippen molar-refractivity contribution in [1.82, 2.24) is 14.6 Å². The molecule has 0 saturated carbocycles. The second-order valence-electron chi connectivity index (χ2n) is 6.03. The molecule has 1 N–H and O–H groups in total. The van der Waals surface area contributed by atoms with Crippen LogP contribution >= 0.6 is 11.8 Å². The summed E-state index contributed by atoms with van der Waals surface area (Å²) in [5.41, 5.74) is 0.462. The van der Waals surface area contributed by atoms with Gasteiger partial charge < -0.3 is 20.2 Å². The number of hydrogen-bond acceptors (Lipinski definition) is 7. The van der Waals surface area contributed by atoms with Crippen molar-refractivity contribution in [2.75, 3.05) is 23.4 Å². The molecule has 23 heavy (non-hydrogen) atoms. The van der Waals surface area contributed by atoms with E-state index in [2.05, 4.69) is 15.4 Å². The Morgan fingerprint density at radius 2 is 2.43 bits per heavy atom. The summed E-state index contributed by atoms with van der Waals surface area (Å²) in [6.45, 7) is 0.742. The fraction of sp³-hybridized carbons (Fsp3) is 0.571. The molecule has 2 aromatic rings. The summed E-state index contributed by atoms with van der Waals surface area (Å²) in [4.78, 5) is 14.5. The average molecular weight is 335 g/mol. The van der Waals surface area contributed by atoms with E-state index >= 15 is 0 Å². The summed E-state index contributed by atoms with van der Waals surface area (Å²) in [6, 6.07) is 3.83. The van der Waals surface area contributed by atoms with Crippen molar-refractivity contribution in [1.29, 1.82) is 0 Å². The normalized spacial score (nSPS) is 27.6. The molecule has 2 aromatic heterocycles. The Morgan fingerprint density at radius 3 is 3.22 bits per heavy atom. The highest BCUT2D eigenvalue weighted by Crippen LogP contribution is 2.38. The molecule has 1 spiro atoms. The second kappa shape index (κ2) is 5.64. The molecule has 0 aliphatic carbocycles. The number of thioether (sulfide) groups is 1. The van der Waals surface area contributed by atoms with Crippen LogP contribution in [0.5, 0.6) is 0 Å². The third kappa shape index (κ3) is 2.74. The van der Waals surface area contributed by atoms with Gasteiger partial charge in [0.1, 0.15) is 6.20 Å². The van der Waals surface area contributed by atoms with Gasteiger partial charge >= 0.3 is 5.82 Å². The third-order valence-electron chi connectivity index (χ3n) is 4.44. The summed E-state index contributed by atoms with van der Waals surface area (Å²) in [5.74, 6) is 2.70. The number of nitrogens with one attached hydrogen (secondary N) is 1. The fourth-order valence-corrected chi connectivity index (χ4v) is 4.66. The summed E-state index contributed by atoms with van der Waals surface area (Å²) in [6.07, 6.45) is 4.19. The number of aromatic nitrogens is 3. The Hall–Kier alpha value is -1.87. The van der Waals surface area contributed by atoms with Crippen molar-refractivity contribution in [2.24, 2.45) is 0 Å². The Morgan fingerprint density at radius 1 is 1.52 bits per heavy atom. The van der Waals surface area contributed by atoms with Crippen molar-refractivity contribution in [3.63, 3.8) is 0 Å². The predicted octanol–water partition coefficient (Wildman–Crippen LogP) is 2.10. The number of ether oxygens (including phenoxy) is 1. The summed E-state index contributed by atoms with van der Waals surface area (Å²) in [5, 5.41) is 18.7. The number of anilines is 1. The lowest BCUT2D eigenvalue weighted by Crippen LogP contribution is -2.44. The van der Waals surface area contributed by atoms with Crippen molar-refractivity contribution in [2.45, 2.75) is 30.9 Å². The average Bonchev–Trinajstić information content (AvgIpc) is 3.14. The van der Waals surface area contributed by atoms with Crippen LogP contribution in [0.2, 0.25) is 0 Å². The summed E-state index contributed by atoms with van der Waals surface area (Å²) in [7, 11) is 0. The molecule has 2 aliphatic rings. The maximum atomic E-state index is 11.0. The van der Waals surface area contributed by atoms with Gasteiger partial charge in [-0.2, -0.15) is 11.8 Å². The van der Waals surface area contributed by atoms with Gasteiger partial charge in [-0.1, -0.05) is 9.61 Å². The number of fused-ring (bicyclic) bond motifs is 1. The summed E-state index contributed by atoms with van der Waals surface area (Å²) < 4.78 is 7.28. The van der Waals surface area contributed by atoms with E-state index in [1.807, 2.05) is 17.8 Å². The van der Waals surface area contributed by atoms with Crippen molar-refractivity contribution in [3.8, 4) is 0 Å². The van der Waals surface area contributed by atoms with Gasteiger partial charge in [0.15, 0.2) is 5.82 Å². The van der Waals surface area contributed by atoms with Crippen LogP contribution in [0, 0.1) is 10.1 Å². The van der Waals surface area contributed by atoms with Gasteiger partial charge in [0.05, 0.1) is 5.60 Å². The highest BCUT2D eigenvalue weighted by Gasteiger charge is 2.40. The minimum atomic E-state index is -0.476. The lowest BCUT2D eigenvalue weighted by molar-refractivity contribution is -0.391. The molecule has 2 saturated heterocycles. The van der Waals surface area contributed by atoms with E-state index in [4.69, 9.17) is 4.74 Å². The van der Waals surface area contributed by atoms with Gasteiger partial charge in [0.2, 0.25) is 5.65 Å². The van der Waals surface area contributed by atoms with E-state index in [1.54, 1.807) is 6.07 Å². The SMILES string of the molecule is O=[N+]([O-])c1cnc2ccc(NC3CCOC4(CCSC4)C3)nn12. The van der Waals surface area contributed by atoms with E-state index in [1.165, 1.54) is 10.7 Å². The van der Waals surface area contributed by atoms with E-state index in [9.17, 15) is 10.1 Å². The van der Waals surface area contributed by atoms with Gasteiger partial charge in [-0.25, -0.2) is 4.98 Å². The Kier molecular flexibility index (Phi) is 3.61. The number of nitro groups is 1. The Balaban J connectivity index is 1.55. The molecule has 0 radical (unpaired) electrons. The standard InChI is InChI=1S/C14H17N5O3S/c20-19(21)13-8-15-12-2-1-11(17-18(12)13)16-10-3-5-22-14(7-10)4-6-23-9-14/h1-2,8,10H,3-7,9H2,(H,16,17). The van der Waals surface area contributed by atoms with Gasteiger partial charge in [0, 0.05) is 24.5 Å². The maximum Gasteiger partial charge on any atom is 0.368 e. The van der Waals surface area contributed by atoms with Gasteiger partial charge in [-0.05, 0) is 36.0 Å². The van der Waals surface area contributed by atoms with Crippen molar-refractivity contribution >= 4 is 29.0 Å². The molecular formula is C14H17N5O3S. The van der Waals surface area contributed by atoms with Crippen LogP contribution in [0.25, 0.3) is 5.65 Å². The first kappa shape index (κ1) is 14.7. The van der Waals surface area contributed by atoms with Crippen LogP contribution in [-0.4, -0.2) is 49.3 Å². The topological polar surface area (TPSA) is 94.6 Å². The smallest absolute Gasteiger partial charge is 0.368 e. The maximum absolute atomic E-state index is 11.0. The lowest BCUT2D eigenvalue weighted by atomic mass is 9.90. The van der Waals surface area contributed by atoms with E-state index in [-0.39, 0.29) is 17.5 Å². The zero-order valence-electron chi connectivity index (χ0n) is 12.5. The summed E-state index contributed by atoms with van der Waals surface area (Å²) >= 11 is 1.94. The zero-order chi connectivity index (χ0) is 15.9. The molecule has 0 aromatic carbocycles. The number of nitrogens with zero attached hydrogens (tertiary/aromatic N) is 4. The molecule has 0 bridgehead atoms. The second-order valence-corrected chi connectivity index (χ2v) is 7.14. The third-order valence-corrected chi connectivity index (χ3v) is 5.67. The first-order chi connectivity index (χ1) is 11.2. The Labute approximate surface area is 136 Å². The highest BCUT2D eigenvalue weighted by molar-refractivity contribution is 7.99. The van der Waals surface area contributed by atoms with E-state index < -0.39 is 4.92 Å². The van der Waals surface area contributed by atoms with Crippen molar-refractivity contribution < 1.29 is 9.66 Å². The van der Waals surface area contributed by atoms with Gasteiger partial charge in [0.25, 0.3) is 0 Å². The van der Waals surface area contributed by atoms with E-state index in [0.717, 1.165) is 37.4 Å².